The van der Waals surface area contributed by atoms with Crippen molar-refractivity contribution in [3.05, 3.63) is 64.7 Å². The second-order valence-electron chi connectivity index (χ2n) is 7.37. The first kappa shape index (κ1) is 21.5. The summed E-state index contributed by atoms with van der Waals surface area (Å²) in [5.41, 5.74) is 2.13. The van der Waals surface area contributed by atoms with E-state index in [4.69, 9.17) is 9.73 Å². The first-order valence-electron chi connectivity index (χ1n) is 10.8. The van der Waals surface area contributed by atoms with Gasteiger partial charge in [-0.1, -0.05) is 36.4 Å². The number of H-pyrrole nitrogens is 1. The zero-order chi connectivity index (χ0) is 21.3. The molecule has 3 heterocycles. The molecule has 1 aliphatic heterocycles. The van der Waals surface area contributed by atoms with Crippen LogP contribution >= 0.6 is 11.3 Å². The fraction of sp³-hybridized carbons (Fsp3) is 0.391. The number of rotatable bonds is 8. The van der Waals surface area contributed by atoms with Crippen molar-refractivity contribution >= 4 is 17.3 Å². The molecule has 1 unspecified atom stereocenters. The van der Waals surface area contributed by atoms with Crippen molar-refractivity contribution in [1.82, 2.24) is 25.5 Å². The molecule has 3 aromatic rings. The highest BCUT2D eigenvalue weighted by atomic mass is 32.1. The molecule has 0 bridgehead atoms. The summed E-state index contributed by atoms with van der Waals surface area (Å²) in [6.45, 7) is 7.65. The Morgan fingerprint density at radius 3 is 2.77 bits per heavy atom. The molecule has 0 amide bonds. The summed E-state index contributed by atoms with van der Waals surface area (Å²) in [4.78, 5) is 16.5. The molecule has 0 spiro atoms. The molecule has 1 aromatic carbocycles. The minimum absolute atomic E-state index is 0.307. The Morgan fingerprint density at radius 1 is 1.19 bits per heavy atom. The summed E-state index contributed by atoms with van der Waals surface area (Å²) in [5, 5.41) is 9.03. The zero-order valence-corrected chi connectivity index (χ0v) is 18.7. The van der Waals surface area contributed by atoms with E-state index in [1.54, 1.807) is 11.3 Å². The lowest BCUT2D eigenvalue weighted by Crippen LogP contribution is -2.46. The van der Waals surface area contributed by atoms with Crippen molar-refractivity contribution in [2.45, 2.75) is 19.5 Å². The van der Waals surface area contributed by atoms with Crippen molar-refractivity contribution in [3.63, 3.8) is 0 Å². The number of ether oxygens (including phenoxy) is 1. The minimum Gasteiger partial charge on any atom is -0.379 e. The number of guanidine groups is 1. The Balaban J connectivity index is 1.40. The van der Waals surface area contributed by atoms with Gasteiger partial charge in [0.1, 0.15) is 12.4 Å². The van der Waals surface area contributed by atoms with Crippen LogP contribution in [-0.2, 0) is 11.3 Å². The number of aromatic amines is 1. The van der Waals surface area contributed by atoms with Gasteiger partial charge in [-0.25, -0.2) is 9.98 Å². The number of aromatic nitrogens is 2. The molecule has 7 nitrogen and oxygen atoms in total. The molecule has 8 heteroatoms. The number of thiophene rings is 1. The summed E-state index contributed by atoms with van der Waals surface area (Å²) < 4.78 is 5.55. The average Bonchev–Trinajstić information content (AvgIpc) is 3.52. The molecular weight excluding hydrogens is 408 g/mol. The molecule has 1 fully saturated rings. The van der Waals surface area contributed by atoms with E-state index in [0.29, 0.717) is 12.6 Å². The van der Waals surface area contributed by atoms with E-state index in [0.717, 1.165) is 62.4 Å². The molecule has 31 heavy (non-hydrogen) atoms. The van der Waals surface area contributed by atoms with Crippen molar-refractivity contribution in [2.75, 3.05) is 39.4 Å². The van der Waals surface area contributed by atoms with Gasteiger partial charge in [0.2, 0.25) is 0 Å². The molecule has 3 N–H and O–H groups in total. The van der Waals surface area contributed by atoms with Crippen LogP contribution in [0.4, 0.5) is 0 Å². The Labute approximate surface area is 187 Å². The van der Waals surface area contributed by atoms with Gasteiger partial charge < -0.3 is 20.4 Å². The van der Waals surface area contributed by atoms with Crippen LogP contribution in [0.3, 0.4) is 0 Å². The highest BCUT2D eigenvalue weighted by Crippen LogP contribution is 2.25. The Hall–Kier alpha value is -2.68. The van der Waals surface area contributed by atoms with Crippen molar-refractivity contribution in [2.24, 2.45) is 4.99 Å². The summed E-state index contributed by atoms with van der Waals surface area (Å²) in [6.07, 6.45) is 1.87. The van der Waals surface area contributed by atoms with Gasteiger partial charge in [0.05, 0.1) is 31.1 Å². The van der Waals surface area contributed by atoms with E-state index < -0.39 is 0 Å². The first-order valence-corrected chi connectivity index (χ1v) is 11.7. The van der Waals surface area contributed by atoms with E-state index in [2.05, 4.69) is 62.1 Å². The maximum absolute atomic E-state index is 5.55. The second kappa shape index (κ2) is 11.1. The number of hydrogen-bond acceptors (Lipinski definition) is 5. The van der Waals surface area contributed by atoms with E-state index >= 15 is 0 Å². The number of nitrogens with one attached hydrogen (secondary N) is 3. The third kappa shape index (κ3) is 5.94. The topological polar surface area (TPSA) is 77.6 Å². The molecule has 1 aliphatic rings. The summed E-state index contributed by atoms with van der Waals surface area (Å²) in [7, 11) is 0. The molecule has 1 saturated heterocycles. The van der Waals surface area contributed by atoms with Crippen molar-refractivity contribution < 1.29 is 4.74 Å². The molecule has 164 valence electrons. The SMILES string of the molecule is CCNC(=NCc1ncc(-c2ccccc2)[nH]1)NCC(c1cccs1)N1CCOCC1. The van der Waals surface area contributed by atoms with E-state index in [1.807, 2.05) is 24.4 Å². The van der Waals surface area contributed by atoms with Gasteiger partial charge in [-0.3, -0.25) is 4.90 Å². The standard InChI is InChI=1S/C23H30N6OS/c1-2-24-23(27-17-22-25-15-19(28-22)18-7-4-3-5-8-18)26-16-20(21-9-6-14-31-21)29-10-12-30-13-11-29/h3-9,14-15,20H,2,10-13,16-17H2,1H3,(H,25,28)(H2,24,26,27). The van der Waals surface area contributed by atoms with Gasteiger partial charge in [-0.15, -0.1) is 11.3 Å². The monoisotopic (exact) mass is 438 g/mol. The van der Waals surface area contributed by atoms with Crippen LogP contribution in [0, 0.1) is 0 Å². The van der Waals surface area contributed by atoms with Crippen LogP contribution in [0.2, 0.25) is 0 Å². The fourth-order valence-corrected chi connectivity index (χ4v) is 4.54. The third-order valence-corrected chi connectivity index (χ3v) is 6.24. The largest absolute Gasteiger partial charge is 0.379 e. The smallest absolute Gasteiger partial charge is 0.191 e. The number of nitrogens with zero attached hydrogens (tertiary/aromatic N) is 3. The second-order valence-corrected chi connectivity index (χ2v) is 8.34. The number of hydrogen-bond donors (Lipinski definition) is 3. The first-order chi connectivity index (χ1) is 15.3. The predicted molar refractivity (Wildman–Crippen MR) is 126 cm³/mol. The average molecular weight is 439 g/mol. The van der Waals surface area contributed by atoms with E-state index in [-0.39, 0.29) is 0 Å². The maximum atomic E-state index is 5.55. The van der Waals surface area contributed by atoms with Crippen LogP contribution in [-0.4, -0.2) is 60.2 Å². The van der Waals surface area contributed by atoms with Gasteiger partial charge >= 0.3 is 0 Å². The summed E-state index contributed by atoms with van der Waals surface area (Å²) >= 11 is 1.80. The summed E-state index contributed by atoms with van der Waals surface area (Å²) in [6, 6.07) is 14.9. The molecule has 0 radical (unpaired) electrons. The van der Waals surface area contributed by atoms with E-state index in [9.17, 15) is 0 Å². The van der Waals surface area contributed by atoms with Crippen LogP contribution in [0.1, 0.15) is 23.7 Å². The Morgan fingerprint density at radius 2 is 2.03 bits per heavy atom. The van der Waals surface area contributed by atoms with E-state index in [1.165, 1.54) is 4.88 Å². The van der Waals surface area contributed by atoms with Gasteiger partial charge in [0.15, 0.2) is 5.96 Å². The number of imidazole rings is 1. The van der Waals surface area contributed by atoms with Crippen LogP contribution < -0.4 is 10.6 Å². The predicted octanol–water partition coefficient (Wildman–Crippen LogP) is 3.27. The number of aliphatic imine (C=N–C) groups is 1. The van der Waals surface area contributed by atoms with Gasteiger partial charge in [0, 0.05) is 31.1 Å². The van der Waals surface area contributed by atoms with Crippen LogP contribution in [0.15, 0.2) is 59.0 Å². The lowest BCUT2D eigenvalue weighted by Gasteiger charge is -2.34. The highest BCUT2D eigenvalue weighted by molar-refractivity contribution is 7.10. The number of benzene rings is 1. The van der Waals surface area contributed by atoms with Gasteiger partial charge in [-0.05, 0) is 23.9 Å². The molecule has 0 saturated carbocycles. The van der Waals surface area contributed by atoms with Gasteiger partial charge in [-0.2, -0.15) is 0 Å². The maximum Gasteiger partial charge on any atom is 0.191 e. The summed E-state index contributed by atoms with van der Waals surface area (Å²) in [5.74, 6) is 1.65. The van der Waals surface area contributed by atoms with Crippen LogP contribution in [0.25, 0.3) is 11.3 Å². The Bertz CT molecular complexity index is 934. The fourth-order valence-electron chi connectivity index (χ4n) is 3.68. The zero-order valence-electron chi connectivity index (χ0n) is 17.9. The molecule has 0 aliphatic carbocycles. The molecule has 2 aromatic heterocycles. The van der Waals surface area contributed by atoms with Crippen molar-refractivity contribution in [1.29, 1.82) is 0 Å². The normalized spacial score (nSPS) is 16.2. The minimum atomic E-state index is 0.307. The molecular formula is C23H30N6OS. The lowest BCUT2D eigenvalue weighted by molar-refractivity contribution is 0.0177. The molecule has 1 atom stereocenters. The lowest BCUT2D eigenvalue weighted by atomic mass is 10.2. The Kier molecular flexibility index (Phi) is 7.71. The van der Waals surface area contributed by atoms with Gasteiger partial charge in [0.25, 0.3) is 0 Å². The number of morpholine rings is 1. The third-order valence-electron chi connectivity index (χ3n) is 5.27. The van der Waals surface area contributed by atoms with Crippen LogP contribution in [0.5, 0.6) is 0 Å². The quantitative estimate of drug-likeness (QED) is 0.372. The highest BCUT2D eigenvalue weighted by Gasteiger charge is 2.23. The molecule has 4 rings (SSSR count). The van der Waals surface area contributed by atoms with Crippen molar-refractivity contribution in [3.8, 4) is 11.3 Å².